The van der Waals surface area contributed by atoms with Crippen LogP contribution in [-0.4, -0.2) is 0 Å². The van der Waals surface area contributed by atoms with Crippen molar-refractivity contribution in [2.45, 2.75) is 80.1 Å². The van der Waals surface area contributed by atoms with Crippen LogP contribution in [0.25, 0.3) is 0 Å². The lowest BCUT2D eigenvalue weighted by molar-refractivity contribution is -0.0321. The van der Waals surface area contributed by atoms with Gasteiger partial charge in [0.05, 0.1) is 0 Å². The SMILES string of the molecule is CCCCC(C)C1CC(C)C1C(C)C1(CC)CC1C. The fourth-order valence-corrected chi connectivity index (χ4v) is 5.53. The van der Waals surface area contributed by atoms with Crippen molar-refractivity contribution < 1.29 is 0 Å². The van der Waals surface area contributed by atoms with Gasteiger partial charge >= 0.3 is 0 Å². The number of unbranched alkanes of at least 4 members (excludes halogenated alkanes) is 1. The first-order valence-electron chi connectivity index (χ1n) is 8.97. The predicted octanol–water partition coefficient (Wildman–Crippen LogP) is 6.16. The minimum atomic E-state index is 0.724. The monoisotopic (exact) mass is 264 g/mol. The van der Waals surface area contributed by atoms with Crippen LogP contribution in [0.1, 0.15) is 80.1 Å². The first kappa shape index (κ1) is 15.4. The highest BCUT2D eigenvalue weighted by atomic mass is 14.6. The molecule has 0 aromatic rings. The van der Waals surface area contributed by atoms with Crippen molar-refractivity contribution in [1.29, 1.82) is 0 Å². The Labute approximate surface area is 121 Å². The lowest BCUT2D eigenvalue weighted by atomic mass is 9.53. The molecule has 0 heterocycles. The molecule has 0 nitrogen and oxygen atoms in total. The van der Waals surface area contributed by atoms with Gasteiger partial charge in [-0.1, -0.05) is 60.8 Å². The van der Waals surface area contributed by atoms with Gasteiger partial charge in [0.15, 0.2) is 0 Å². The molecule has 0 amide bonds. The van der Waals surface area contributed by atoms with Gasteiger partial charge in [-0.15, -0.1) is 0 Å². The fraction of sp³-hybridized carbons (Fsp3) is 1.00. The van der Waals surface area contributed by atoms with Crippen LogP contribution >= 0.6 is 0 Å². The molecule has 0 bridgehead atoms. The van der Waals surface area contributed by atoms with Crippen molar-refractivity contribution in [2.24, 2.45) is 40.9 Å². The van der Waals surface area contributed by atoms with Gasteiger partial charge in [0.2, 0.25) is 0 Å². The van der Waals surface area contributed by atoms with E-state index in [4.69, 9.17) is 0 Å². The van der Waals surface area contributed by atoms with Crippen LogP contribution in [0.15, 0.2) is 0 Å². The Balaban J connectivity index is 1.97. The average molecular weight is 264 g/mol. The van der Waals surface area contributed by atoms with E-state index in [0.29, 0.717) is 0 Å². The van der Waals surface area contributed by atoms with E-state index in [-0.39, 0.29) is 0 Å². The number of rotatable bonds is 7. The molecule has 0 N–H and O–H groups in total. The number of hydrogen-bond donors (Lipinski definition) is 0. The van der Waals surface area contributed by atoms with Crippen LogP contribution in [0.4, 0.5) is 0 Å². The second-order valence-corrected chi connectivity index (χ2v) is 8.05. The van der Waals surface area contributed by atoms with Gasteiger partial charge in [-0.3, -0.25) is 0 Å². The van der Waals surface area contributed by atoms with Gasteiger partial charge in [-0.2, -0.15) is 0 Å². The molecular formula is C19H36. The highest BCUT2D eigenvalue weighted by molar-refractivity contribution is 5.07. The summed E-state index contributed by atoms with van der Waals surface area (Å²) in [7, 11) is 0. The molecule has 7 atom stereocenters. The number of hydrogen-bond acceptors (Lipinski definition) is 0. The fourth-order valence-electron chi connectivity index (χ4n) is 5.53. The smallest absolute Gasteiger partial charge is 0.0243 e. The summed E-state index contributed by atoms with van der Waals surface area (Å²) in [6, 6.07) is 0. The van der Waals surface area contributed by atoms with Crippen molar-refractivity contribution in [1.82, 2.24) is 0 Å². The molecule has 0 aliphatic heterocycles. The second kappa shape index (κ2) is 5.78. The van der Waals surface area contributed by atoms with Crippen molar-refractivity contribution in [3.8, 4) is 0 Å². The summed E-state index contributed by atoms with van der Waals surface area (Å²) >= 11 is 0. The molecule has 2 saturated carbocycles. The quantitative estimate of drug-likeness (QED) is 0.517. The van der Waals surface area contributed by atoms with Crippen LogP contribution in [0.2, 0.25) is 0 Å². The van der Waals surface area contributed by atoms with Crippen molar-refractivity contribution in [2.75, 3.05) is 0 Å². The Bertz CT molecular complexity index is 290. The average Bonchev–Trinajstić information content (AvgIpc) is 3.05. The van der Waals surface area contributed by atoms with E-state index in [9.17, 15) is 0 Å². The molecule has 2 rings (SSSR count). The third kappa shape index (κ3) is 2.61. The molecule has 2 aliphatic rings. The Morgan fingerprint density at radius 3 is 2.21 bits per heavy atom. The minimum Gasteiger partial charge on any atom is -0.0654 e. The molecule has 112 valence electrons. The van der Waals surface area contributed by atoms with E-state index in [1.54, 1.807) is 0 Å². The zero-order chi connectivity index (χ0) is 14.2. The highest BCUT2D eigenvalue weighted by Gasteiger charge is 2.58. The first-order chi connectivity index (χ1) is 8.97. The summed E-state index contributed by atoms with van der Waals surface area (Å²) in [5.74, 6) is 5.97. The van der Waals surface area contributed by atoms with Crippen molar-refractivity contribution in [3.05, 3.63) is 0 Å². The van der Waals surface area contributed by atoms with E-state index in [1.807, 2.05) is 0 Å². The second-order valence-electron chi connectivity index (χ2n) is 8.05. The van der Waals surface area contributed by atoms with E-state index in [0.717, 1.165) is 40.9 Å². The largest absolute Gasteiger partial charge is 0.0654 e. The molecule has 0 saturated heterocycles. The van der Waals surface area contributed by atoms with Gasteiger partial charge in [-0.05, 0) is 60.2 Å². The highest BCUT2D eigenvalue weighted by Crippen LogP contribution is 2.66. The molecule has 0 aromatic heterocycles. The summed E-state index contributed by atoms with van der Waals surface area (Å²) in [6.07, 6.45) is 8.68. The first-order valence-corrected chi connectivity index (χ1v) is 8.97. The summed E-state index contributed by atoms with van der Waals surface area (Å²) in [4.78, 5) is 0. The van der Waals surface area contributed by atoms with Gasteiger partial charge in [0.1, 0.15) is 0 Å². The lowest BCUT2D eigenvalue weighted by Crippen LogP contribution is -2.45. The Hall–Kier alpha value is 0. The summed E-state index contributed by atoms with van der Waals surface area (Å²) in [6.45, 7) is 14.9. The minimum absolute atomic E-state index is 0.724. The predicted molar refractivity (Wildman–Crippen MR) is 85.1 cm³/mol. The van der Waals surface area contributed by atoms with Crippen LogP contribution in [0.3, 0.4) is 0 Å². The van der Waals surface area contributed by atoms with E-state index in [2.05, 4.69) is 41.5 Å². The molecule has 2 fully saturated rings. The van der Waals surface area contributed by atoms with Gasteiger partial charge < -0.3 is 0 Å². The zero-order valence-corrected chi connectivity index (χ0v) is 14.2. The van der Waals surface area contributed by atoms with Crippen LogP contribution in [0.5, 0.6) is 0 Å². The normalized spacial score (nSPS) is 44.5. The van der Waals surface area contributed by atoms with Crippen LogP contribution < -0.4 is 0 Å². The Morgan fingerprint density at radius 1 is 1.16 bits per heavy atom. The lowest BCUT2D eigenvalue weighted by Gasteiger charge is -2.52. The summed E-state index contributed by atoms with van der Waals surface area (Å²) in [5.41, 5.74) is 0.724. The van der Waals surface area contributed by atoms with E-state index < -0.39 is 0 Å². The Morgan fingerprint density at radius 2 is 1.79 bits per heavy atom. The molecule has 0 aromatic carbocycles. The third-order valence-corrected chi connectivity index (χ3v) is 7.19. The van der Waals surface area contributed by atoms with Gasteiger partial charge in [0, 0.05) is 0 Å². The molecule has 0 spiro atoms. The molecular weight excluding hydrogens is 228 g/mol. The third-order valence-electron chi connectivity index (χ3n) is 7.19. The van der Waals surface area contributed by atoms with Crippen molar-refractivity contribution >= 4 is 0 Å². The standard InChI is InChI=1S/C19H36/c1-7-9-10-13(3)17-11-14(4)18(17)16(6)19(8-2)12-15(19)5/h13-18H,7-12H2,1-6H3. The zero-order valence-electron chi connectivity index (χ0n) is 14.2. The topological polar surface area (TPSA) is 0 Å². The molecule has 0 radical (unpaired) electrons. The molecule has 7 unspecified atom stereocenters. The van der Waals surface area contributed by atoms with E-state index >= 15 is 0 Å². The maximum absolute atomic E-state index is 2.59. The Kier molecular flexibility index (Phi) is 4.68. The maximum atomic E-state index is 2.59. The molecule has 2 aliphatic carbocycles. The summed E-state index contributed by atoms with van der Waals surface area (Å²) in [5, 5.41) is 0. The van der Waals surface area contributed by atoms with Crippen molar-refractivity contribution in [3.63, 3.8) is 0 Å². The molecule has 19 heavy (non-hydrogen) atoms. The van der Waals surface area contributed by atoms with Crippen LogP contribution in [0, 0.1) is 40.9 Å². The van der Waals surface area contributed by atoms with Crippen LogP contribution in [-0.2, 0) is 0 Å². The van der Waals surface area contributed by atoms with Gasteiger partial charge in [0.25, 0.3) is 0 Å². The summed E-state index contributed by atoms with van der Waals surface area (Å²) < 4.78 is 0. The molecule has 0 heteroatoms. The maximum Gasteiger partial charge on any atom is -0.0243 e. The van der Waals surface area contributed by atoms with E-state index in [1.165, 1.54) is 38.5 Å². The van der Waals surface area contributed by atoms with Gasteiger partial charge in [-0.25, -0.2) is 0 Å².